The van der Waals surface area contributed by atoms with Crippen LogP contribution in [-0.2, 0) is 6.54 Å². The predicted octanol–water partition coefficient (Wildman–Crippen LogP) is 2.83. The standard InChI is InChI=1S/C14H12N2O2/c15-9-12-3-1-2-4-14(12)18-13-7-5-11(6-8-13)10-16-17/h1-8,16-17H,10H2. The van der Waals surface area contributed by atoms with Gasteiger partial charge in [-0.3, -0.25) is 0 Å². The lowest BCUT2D eigenvalue weighted by Gasteiger charge is -2.07. The third-order valence-corrected chi connectivity index (χ3v) is 2.44. The predicted molar refractivity (Wildman–Crippen MR) is 66.3 cm³/mol. The summed E-state index contributed by atoms with van der Waals surface area (Å²) in [5, 5.41) is 17.5. The minimum absolute atomic E-state index is 0.384. The number of rotatable bonds is 4. The van der Waals surface area contributed by atoms with Crippen molar-refractivity contribution in [3.63, 3.8) is 0 Å². The monoisotopic (exact) mass is 240 g/mol. The van der Waals surface area contributed by atoms with E-state index in [0.29, 0.717) is 23.6 Å². The van der Waals surface area contributed by atoms with Crippen molar-refractivity contribution in [3.8, 4) is 17.6 Å². The summed E-state index contributed by atoms with van der Waals surface area (Å²) in [6.45, 7) is 0.384. The first-order chi connectivity index (χ1) is 8.83. The van der Waals surface area contributed by atoms with E-state index in [9.17, 15) is 0 Å². The van der Waals surface area contributed by atoms with Gasteiger partial charge >= 0.3 is 0 Å². The van der Waals surface area contributed by atoms with E-state index in [1.165, 1.54) is 0 Å². The van der Waals surface area contributed by atoms with Crippen LogP contribution < -0.4 is 10.2 Å². The molecule has 2 N–H and O–H groups in total. The molecule has 4 heteroatoms. The van der Waals surface area contributed by atoms with Crippen molar-refractivity contribution in [3.05, 3.63) is 59.7 Å². The Morgan fingerprint density at radius 3 is 2.50 bits per heavy atom. The van der Waals surface area contributed by atoms with Gasteiger partial charge in [0.1, 0.15) is 17.6 Å². The molecule has 90 valence electrons. The Balaban J connectivity index is 2.16. The Labute approximate surface area is 105 Å². The smallest absolute Gasteiger partial charge is 0.145 e. The van der Waals surface area contributed by atoms with E-state index in [-0.39, 0.29) is 0 Å². The van der Waals surface area contributed by atoms with Crippen molar-refractivity contribution >= 4 is 0 Å². The lowest BCUT2D eigenvalue weighted by molar-refractivity contribution is 0.161. The van der Waals surface area contributed by atoms with Crippen LogP contribution in [0.25, 0.3) is 0 Å². The number of ether oxygens (including phenoxy) is 1. The highest BCUT2D eigenvalue weighted by molar-refractivity contribution is 5.45. The molecule has 0 aliphatic heterocycles. The lowest BCUT2D eigenvalue weighted by Crippen LogP contribution is -2.05. The molecule has 0 radical (unpaired) electrons. The van der Waals surface area contributed by atoms with Crippen LogP contribution in [0.5, 0.6) is 11.5 Å². The van der Waals surface area contributed by atoms with Gasteiger partial charge in [-0.25, -0.2) is 5.48 Å². The molecule has 2 aromatic rings. The zero-order valence-electron chi connectivity index (χ0n) is 9.63. The summed E-state index contributed by atoms with van der Waals surface area (Å²) in [6.07, 6.45) is 0. The highest BCUT2D eigenvalue weighted by Crippen LogP contribution is 2.24. The van der Waals surface area contributed by atoms with Crippen molar-refractivity contribution < 1.29 is 9.94 Å². The molecular weight excluding hydrogens is 228 g/mol. The van der Waals surface area contributed by atoms with Crippen LogP contribution in [0, 0.1) is 11.3 Å². The quantitative estimate of drug-likeness (QED) is 0.806. The zero-order valence-corrected chi connectivity index (χ0v) is 9.63. The molecule has 4 nitrogen and oxygen atoms in total. The lowest BCUT2D eigenvalue weighted by atomic mass is 10.2. The van der Waals surface area contributed by atoms with E-state index < -0.39 is 0 Å². The Bertz CT molecular complexity index is 559. The van der Waals surface area contributed by atoms with Crippen LogP contribution in [-0.4, -0.2) is 5.21 Å². The highest BCUT2D eigenvalue weighted by Gasteiger charge is 2.03. The van der Waals surface area contributed by atoms with Crippen molar-refractivity contribution in [2.24, 2.45) is 0 Å². The SMILES string of the molecule is N#Cc1ccccc1Oc1ccc(CNO)cc1. The summed E-state index contributed by atoms with van der Waals surface area (Å²) in [4.78, 5) is 0. The first-order valence-corrected chi connectivity index (χ1v) is 5.46. The first-order valence-electron chi connectivity index (χ1n) is 5.46. The third-order valence-electron chi connectivity index (χ3n) is 2.44. The van der Waals surface area contributed by atoms with Crippen LogP contribution >= 0.6 is 0 Å². The van der Waals surface area contributed by atoms with Crippen molar-refractivity contribution in [1.82, 2.24) is 5.48 Å². The summed E-state index contributed by atoms with van der Waals surface area (Å²) in [5.74, 6) is 1.19. The van der Waals surface area contributed by atoms with E-state index in [0.717, 1.165) is 5.56 Å². The molecule has 0 spiro atoms. The van der Waals surface area contributed by atoms with E-state index in [1.54, 1.807) is 30.3 Å². The van der Waals surface area contributed by atoms with Crippen LogP contribution in [0.3, 0.4) is 0 Å². The number of benzene rings is 2. The van der Waals surface area contributed by atoms with Gasteiger partial charge < -0.3 is 9.94 Å². The van der Waals surface area contributed by atoms with Gasteiger partial charge in [0.15, 0.2) is 0 Å². The van der Waals surface area contributed by atoms with Gasteiger partial charge in [0.05, 0.1) is 5.56 Å². The molecule has 2 rings (SSSR count). The Hall–Kier alpha value is -2.35. The third kappa shape index (κ3) is 2.86. The second-order valence-electron chi connectivity index (χ2n) is 3.69. The molecule has 0 saturated carbocycles. The molecule has 0 unspecified atom stereocenters. The fourth-order valence-electron chi connectivity index (χ4n) is 1.54. The number of hydroxylamine groups is 1. The molecule has 0 saturated heterocycles. The van der Waals surface area contributed by atoms with Crippen molar-refractivity contribution in [1.29, 1.82) is 5.26 Å². The van der Waals surface area contributed by atoms with Crippen LogP contribution in [0.2, 0.25) is 0 Å². The summed E-state index contributed by atoms with van der Waals surface area (Å²) >= 11 is 0. The highest BCUT2D eigenvalue weighted by atomic mass is 16.5. The topological polar surface area (TPSA) is 65.3 Å². The molecule has 18 heavy (non-hydrogen) atoms. The maximum atomic E-state index is 8.94. The first kappa shape index (κ1) is 12.1. The zero-order chi connectivity index (χ0) is 12.8. The summed E-state index contributed by atoms with van der Waals surface area (Å²) < 4.78 is 5.63. The van der Waals surface area contributed by atoms with Crippen molar-refractivity contribution in [2.45, 2.75) is 6.54 Å². The second kappa shape index (κ2) is 5.82. The number of hydrogen-bond acceptors (Lipinski definition) is 4. The molecule has 0 fully saturated rings. The second-order valence-corrected chi connectivity index (χ2v) is 3.69. The van der Waals surface area contributed by atoms with Crippen LogP contribution in [0.4, 0.5) is 0 Å². The molecule has 2 aromatic carbocycles. The van der Waals surface area contributed by atoms with Gasteiger partial charge in [-0.2, -0.15) is 5.26 Å². The van der Waals surface area contributed by atoms with Crippen LogP contribution in [0.15, 0.2) is 48.5 Å². The number of para-hydroxylation sites is 1. The molecule has 0 amide bonds. The fraction of sp³-hybridized carbons (Fsp3) is 0.0714. The minimum Gasteiger partial charge on any atom is -0.456 e. The van der Waals surface area contributed by atoms with Crippen LogP contribution in [0.1, 0.15) is 11.1 Å². The molecular formula is C14H12N2O2. The summed E-state index contributed by atoms with van der Waals surface area (Å²) in [6, 6.07) is 16.4. The summed E-state index contributed by atoms with van der Waals surface area (Å²) in [7, 11) is 0. The molecule has 0 aromatic heterocycles. The van der Waals surface area contributed by atoms with Gasteiger partial charge in [0.2, 0.25) is 0 Å². The van der Waals surface area contributed by atoms with Crippen molar-refractivity contribution in [2.75, 3.05) is 0 Å². The molecule has 0 atom stereocenters. The molecule has 0 aliphatic rings. The number of nitrogens with one attached hydrogen (secondary N) is 1. The minimum atomic E-state index is 0.384. The molecule has 0 bridgehead atoms. The fourth-order valence-corrected chi connectivity index (χ4v) is 1.54. The normalized spacial score (nSPS) is 9.78. The van der Waals surface area contributed by atoms with Gasteiger partial charge in [-0.1, -0.05) is 24.3 Å². The average molecular weight is 240 g/mol. The van der Waals surface area contributed by atoms with E-state index in [2.05, 4.69) is 11.5 Å². The number of hydrogen-bond donors (Lipinski definition) is 2. The average Bonchev–Trinajstić information content (AvgIpc) is 2.42. The largest absolute Gasteiger partial charge is 0.456 e. The Kier molecular flexibility index (Phi) is 3.92. The van der Waals surface area contributed by atoms with Gasteiger partial charge in [-0.15, -0.1) is 0 Å². The number of nitrogens with zero attached hydrogens (tertiary/aromatic N) is 1. The van der Waals surface area contributed by atoms with Gasteiger partial charge in [0, 0.05) is 6.54 Å². The molecule has 0 heterocycles. The maximum absolute atomic E-state index is 8.94. The van der Waals surface area contributed by atoms with Gasteiger partial charge in [-0.05, 0) is 29.8 Å². The van der Waals surface area contributed by atoms with E-state index in [1.807, 2.05) is 18.2 Å². The number of nitriles is 1. The van der Waals surface area contributed by atoms with E-state index >= 15 is 0 Å². The molecule has 0 aliphatic carbocycles. The Morgan fingerprint density at radius 1 is 1.11 bits per heavy atom. The van der Waals surface area contributed by atoms with E-state index in [4.69, 9.17) is 15.2 Å². The Morgan fingerprint density at radius 2 is 1.83 bits per heavy atom. The maximum Gasteiger partial charge on any atom is 0.145 e. The summed E-state index contributed by atoms with van der Waals surface area (Å²) in [5.41, 5.74) is 3.53. The van der Waals surface area contributed by atoms with Gasteiger partial charge in [0.25, 0.3) is 0 Å².